The maximum atomic E-state index is 2.20. The second kappa shape index (κ2) is 7.52. The summed E-state index contributed by atoms with van der Waals surface area (Å²) in [4.78, 5) is 0. The van der Waals surface area contributed by atoms with Crippen molar-refractivity contribution in [3.05, 3.63) is 55.6 Å². The van der Waals surface area contributed by atoms with E-state index in [1.807, 2.05) is 0 Å². The zero-order valence-electron chi connectivity index (χ0n) is 15.4. The molecule has 1 heteroatoms. The summed E-state index contributed by atoms with van der Waals surface area (Å²) in [6, 6.07) is 0. The normalized spacial score (nSPS) is 10.0. The molecule has 0 spiro atoms. The van der Waals surface area contributed by atoms with Gasteiger partial charge in [0.1, 0.15) is 0 Å². The Morgan fingerprint density at radius 1 is 0.429 bits per heavy atom. The van der Waals surface area contributed by atoms with Gasteiger partial charge in [0.05, 0.1) is 0 Å². The van der Waals surface area contributed by atoms with Gasteiger partial charge < -0.3 is 0 Å². The topological polar surface area (TPSA) is 0 Å². The molecule has 0 heterocycles. The quantitative estimate of drug-likeness (QED) is 0.531. The fraction of sp³-hybridized carbons (Fsp3) is 0.500. The van der Waals surface area contributed by atoms with E-state index in [9.17, 15) is 0 Å². The SMILES string of the molecule is Cc1c(C)c(C)[c-](C)c1C.Cc1c(C)c(C)[c-](C)c1C.[V+2]. The fourth-order valence-electron chi connectivity index (χ4n) is 2.81. The van der Waals surface area contributed by atoms with E-state index in [0.29, 0.717) is 0 Å². The van der Waals surface area contributed by atoms with E-state index in [1.54, 1.807) is 0 Å². The summed E-state index contributed by atoms with van der Waals surface area (Å²) >= 11 is 0. The molecule has 0 atom stereocenters. The summed E-state index contributed by atoms with van der Waals surface area (Å²) < 4.78 is 0. The zero-order chi connectivity index (χ0) is 15.8. The van der Waals surface area contributed by atoms with Crippen LogP contribution in [0.3, 0.4) is 0 Å². The Hall–Kier alpha value is -0.716. The van der Waals surface area contributed by atoms with Crippen molar-refractivity contribution < 1.29 is 18.6 Å². The van der Waals surface area contributed by atoms with Crippen LogP contribution in [0.5, 0.6) is 0 Å². The molecule has 0 unspecified atom stereocenters. The molecule has 2 rings (SSSR count). The molecular weight excluding hydrogens is 291 g/mol. The number of hydrogen-bond acceptors (Lipinski definition) is 0. The van der Waals surface area contributed by atoms with Crippen LogP contribution in [-0.4, -0.2) is 0 Å². The van der Waals surface area contributed by atoms with E-state index in [2.05, 4.69) is 69.2 Å². The third-order valence-electron chi connectivity index (χ3n) is 5.62. The minimum absolute atomic E-state index is 0. The van der Waals surface area contributed by atoms with Crippen LogP contribution >= 0.6 is 0 Å². The van der Waals surface area contributed by atoms with Crippen molar-refractivity contribution in [1.29, 1.82) is 0 Å². The Morgan fingerprint density at radius 3 is 0.619 bits per heavy atom. The largest absolute Gasteiger partial charge is 2.00 e. The molecule has 0 bridgehead atoms. The molecule has 2 aromatic rings. The Labute approximate surface area is 143 Å². The first-order chi connectivity index (χ1) is 9.11. The van der Waals surface area contributed by atoms with E-state index >= 15 is 0 Å². The molecule has 21 heavy (non-hydrogen) atoms. The molecule has 0 aliphatic carbocycles. The Balaban J connectivity index is 0.000000364. The Kier molecular flexibility index (Phi) is 7.26. The van der Waals surface area contributed by atoms with E-state index in [4.69, 9.17) is 0 Å². The van der Waals surface area contributed by atoms with Crippen LogP contribution in [0.2, 0.25) is 0 Å². The Bertz CT molecular complexity index is 404. The van der Waals surface area contributed by atoms with Crippen LogP contribution in [0.15, 0.2) is 0 Å². The van der Waals surface area contributed by atoms with Crippen molar-refractivity contribution in [2.45, 2.75) is 69.2 Å². The van der Waals surface area contributed by atoms with Gasteiger partial charge in [-0.05, 0) is 0 Å². The van der Waals surface area contributed by atoms with E-state index < -0.39 is 0 Å². The van der Waals surface area contributed by atoms with E-state index in [1.165, 1.54) is 55.6 Å². The fourth-order valence-corrected chi connectivity index (χ4v) is 2.81. The van der Waals surface area contributed by atoms with Crippen LogP contribution in [0.1, 0.15) is 55.6 Å². The summed E-state index contributed by atoms with van der Waals surface area (Å²) in [7, 11) is 0. The van der Waals surface area contributed by atoms with Crippen molar-refractivity contribution in [1.82, 2.24) is 0 Å². The molecule has 0 N–H and O–H groups in total. The first-order valence-corrected chi connectivity index (χ1v) is 7.50. The summed E-state index contributed by atoms with van der Waals surface area (Å²) in [6.07, 6.45) is 0. The summed E-state index contributed by atoms with van der Waals surface area (Å²) in [5, 5.41) is 0. The molecule has 0 aromatic heterocycles. The number of rotatable bonds is 0. The van der Waals surface area contributed by atoms with Crippen LogP contribution in [0.4, 0.5) is 0 Å². The molecule has 0 fully saturated rings. The summed E-state index contributed by atoms with van der Waals surface area (Å²) in [6.45, 7) is 22.0. The van der Waals surface area contributed by atoms with Gasteiger partial charge in [0, 0.05) is 0 Å². The van der Waals surface area contributed by atoms with E-state index in [0.717, 1.165) is 0 Å². The summed E-state index contributed by atoms with van der Waals surface area (Å²) in [5.74, 6) is 0. The van der Waals surface area contributed by atoms with Gasteiger partial charge in [-0.25, -0.2) is 0 Å². The average Bonchev–Trinajstić information content (AvgIpc) is 2.71. The van der Waals surface area contributed by atoms with Gasteiger partial charge in [0.2, 0.25) is 0 Å². The second-order valence-electron chi connectivity index (χ2n) is 6.25. The molecular formula is C20H30V. The third kappa shape index (κ3) is 3.73. The minimum atomic E-state index is 0. The van der Waals surface area contributed by atoms with E-state index in [-0.39, 0.29) is 18.6 Å². The predicted molar refractivity (Wildman–Crippen MR) is 91.4 cm³/mol. The van der Waals surface area contributed by atoms with Crippen LogP contribution < -0.4 is 0 Å². The van der Waals surface area contributed by atoms with Gasteiger partial charge in [-0.2, -0.15) is 55.6 Å². The molecule has 0 aliphatic heterocycles. The molecule has 115 valence electrons. The standard InChI is InChI=1S/2C10H15.V/c2*1-6-7(2)9(4)10(5)8(6)3;/h2*1-5H3;/q2*-1;+2. The zero-order valence-corrected chi connectivity index (χ0v) is 16.8. The second-order valence-corrected chi connectivity index (χ2v) is 6.25. The van der Waals surface area contributed by atoms with Crippen LogP contribution in [-0.2, 0) is 18.6 Å². The smallest absolute Gasteiger partial charge is 0.196 e. The van der Waals surface area contributed by atoms with Crippen LogP contribution in [0, 0.1) is 69.2 Å². The molecule has 2 aromatic carbocycles. The summed E-state index contributed by atoms with van der Waals surface area (Å²) in [5.41, 5.74) is 14.7. The Morgan fingerprint density at radius 2 is 0.571 bits per heavy atom. The minimum Gasteiger partial charge on any atom is -0.196 e. The molecule has 0 saturated heterocycles. The average molecular weight is 321 g/mol. The predicted octanol–water partition coefficient (Wildman–Crippen LogP) is 5.89. The van der Waals surface area contributed by atoms with Gasteiger partial charge in [0.25, 0.3) is 0 Å². The molecule has 0 saturated carbocycles. The first kappa shape index (κ1) is 20.3. The van der Waals surface area contributed by atoms with Gasteiger partial charge >= 0.3 is 18.6 Å². The number of hydrogen-bond donors (Lipinski definition) is 0. The first-order valence-electron chi connectivity index (χ1n) is 7.50. The maximum absolute atomic E-state index is 2.20. The van der Waals surface area contributed by atoms with Crippen molar-refractivity contribution in [3.8, 4) is 0 Å². The molecule has 0 aliphatic rings. The molecule has 0 nitrogen and oxygen atoms in total. The van der Waals surface area contributed by atoms with Crippen molar-refractivity contribution in [2.24, 2.45) is 0 Å². The van der Waals surface area contributed by atoms with Crippen molar-refractivity contribution in [2.75, 3.05) is 0 Å². The van der Waals surface area contributed by atoms with Gasteiger partial charge in [-0.3, -0.25) is 0 Å². The van der Waals surface area contributed by atoms with Crippen molar-refractivity contribution in [3.63, 3.8) is 0 Å². The third-order valence-corrected chi connectivity index (χ3v) is 5.62. The monoisotopic (exact) mass is 321 g/mol. The van der Waals surface area contributed by atoms with Gasteiger partial charge in [-0.1, -0.05) is 69.2 Å². The molecule has 1 radical (unpaired) electrons. The van der Waals surface area contributed by atoms with Gasteiger partial charge in [0.15, 0.2) is 0 Å². The van der Waals surface area contributed by atoms with Crippen molar-refractivity contribution >= 4 is 0 Å². The van der Waals surface area contributed by atoms with Gasteiger partial charge in [-0.15, -0.1) is 0 Å². The van der Waals surface area contributed by atoms with Crippen LogP contribution in [0.25, 0.3) is 0 Å². The maximum Gasteiger partial charge on any atom is 2.00 e. The molecule has 0 amide bonds.